The predicted octanol–water partition coefficient (Wildman–Crippen LogP) is -0.345. The molecule has 1 fully saturated rings. The molecule has 5 nitrogen and oxygen atoms in total. The zero-order chi connectivity index (χ0) is 12.3. The van der Waals surface area contributed by atoms with Crippen LogP contribution in [0.5, 0.6) is 0 Å². The fraction of sp³-hybridized carbons (Fsp3) is 0.818. The summed E-state index contributed by atoms with van der Waals surface area (Å²) in [5.41, 5.74) is 0. The van der Waals surface area contributed by atoms with Crippen LogP contribution in [0.1, 0.15) is 6.42 Å². The highest BCUT2D eigenvalue weighted by Crippen LogP contribution is 2.07. The number of rotatable bonds is 7. The van der Waals surface area contributed by atoms with Crippen LogP contribution in [0.3, 0.4) is 0 Å². The first-order chi connectivity index (χ1) is 8.33. The fourth-order valence-corrected chi connectivity index (χ4v) is 2.56. The van der Waals surface area contributed by atoms with Crippen molar-refractivity contribution in [2.45, 2.75) is 6.42 Å². The fourth-order valence-electron chi connectivity index (χ4n) is 1.58. The van der Waals surface area contributed by atoms with E-state index in [4.69, 9.17) is 5.26 Å². The second-order valence-electron chi connectivity index (χ2n) is 3.89. The molecular weight excluding hydrogens is 236 g/mol. The number of carbonyl (C=O) groups excluding carboxylic acids is 1. The van der Waals surface area contributed by atoms with Gasteiger partial charge >= 0.3 is 0 Å². The van der Waals surface area contributed by atoms with E-state index < -0.39 is 0 Å². The molecule has 96 valence electrons. The van der Waals surface area contributed by atoms with Crippen LogP contribution in [-0.4, -0.2) is 61.6 Å². The van der Waals surface area contributed by atoms with Gasteiger partial charge < -0.3 is 15.5 Å². The third-order valence-electron chi connectivity index (χ3n) is 2.55. The van der Waals surface area contributed by atoms with Crippen molar-refractivity contribution < 1.29 is 4.79 Å². The van der Waals surface area contributed by atoms with Crippen molar-refractivity contribution in [3.05, 3.63) is 0 Å². The Bertz CT molecular complexity index is 261. The molecule has 1 aliphatic rings. The zero-order valence-electron chi connectivity index (χ0n) is 10.1. The van der Waals surface area contributed by atoms with Crippen LogP contribution < -0.4 is 10.6 Å². The van der Waals surface area contributed by atoms with E-state index in [2.05, 4.69) is 15.5 Å². The first-order valence-electron chi connectivity index (χ1n) is 5.97. The molecule has 0 bridgehead atoms. The van der Waals surface area contributed by atoms with Crippen molar-refractivity contribution in [3.63, 3.8) is 0 Å². The van der Waals surface area contributed by atoms with Crippen molar-refractivity contribution in [3.8, 4) is 6.07 Å². The van der Waals surface area contributed by atoms with Gasteiger partial charge in [-0.2, -0.15) is 17.0 Å². The van der Waals surface area contributed by atoms with Crippen LogP contribution in [-0.2, 0) is 4.79 Å². The molecule has 0 saturated carbocycles. The molecule has 1 rings (SSSR count). The maximum atomic E-state index is 11.3. The Balaban J connectivity index is 1.92. The summed E-state index contributed by atoms with van der Waals surface area (Å²) in [4.78, 5) is 13.7. The van der Waals surface area contributed by atoms with Crippen molar-refractivity contribution in [2.24, 2.45) is 0 Å². The van der Waals surface area contributed by atoms with E-state index in [1.807, 2.05) is 17.8 Å². The molecule has 1 saturated heterocycles. The largest absolute Gasteiger partial charge is 0.354 e. The number of thioether (sulfide) groups is 1. The van der Waals surface area contributed by atoms with Gasteiger partial charge in [0.2, 0.25) is 5.91 Å². The van der Waals surface area contributed by atoms with Gasteiger partial charge in [-0.25, -0.2) is 0 Å². The first-order valence-corrected chi connectivity index (χ1v) is 7.13. The molecule has 0 unspecified atom stereocenters. The van der Waals surface area contributed by atoms with Crippen molar-refractivity contribution >= 4 is 17.7 Å². The van der Waals surface area contributed by atoms with Crippen LogP contribution in [0.2, 0.25) is 0 Å². The van der Waals surface area contributed by atoms with Crippen molar-refractivity contribution in [2.75, 3.05) is 50.8 Å². The second-order valence-corrected chi connectivity index (χ2v) is 5.11. The van der Waals surface area contributed by atoms with Gasteiger partial charge in [-0.1, -0.05) is 0 Å². The summed E-state index contributed by atoms with van der Waals surface area (Å²) in [5, 5.41) is 14.1. The Kier molecular flexibility index (Phi) is 7.80. The Morgan fingerprint density at radius 3 is 2.82 bits per heavy atom. The molecule has 17 heavy (non-hydrogen) atoms. The summed E-state index contributed by atoms with van der Waals surface area (Å²) < 4.78 is 0. The molecule has 2 N–H and O–H groups in total. The number of amides is 1. The first kappa shape index (κ1) is 14.3. The molecule has 1 heterocycles. The number of hydrogen-bond acceptors (Lipinski definition) is 5. The predicted molar refractivity (Wildman–Crippen MR) is 69.9 cm³/mol. The van der Waals surface area contributed by atoms with Crippen LogP contribution >= 0.6 is 11.8 Å². The normalized spacial score (nSPS) is 16.4. The molecule has 0 aromatic carbocycles. The number of nitrogens with zero attached hydrogens (tertiary/aromatic N) is 2. The molecule has 0 aliphatic carbocycles. The van der Waals surface area contributed by atoms with Crippen molar-refractivity contribution in [1.82, 2.24) is 15.5 Å². The van der Waals surface area contributed by atoms with E-state index in [0.29, 0.717) is 19.5 Å². The molecule has 0 atom stereocenters. The average molecular weight is 256 g/mol. The van der Waals surface area contributed by atoms with E-state index >= 15 is 0 Å². The molecular formula is C11H20N4OS. The molecule has 0 aromatic rings. The van der Waals surface area contributed by atoms with Crippen LogP contribution in [0.25, 0.3) is 0 Å². The lowest BCUT2D eigenvalue weighted by Gasteiger charge is -2.25. The summed E-state index contributed by atoms with van der Waals surface area (Å²) in [6.07, 6.45) is 0.372. The van der Waals surface area contributed by atoms with E-state index in [-0.39, 0.29) is 5.91 Å². The molecule has 0 aromatic heterocycles. The lowest BCUT2D eigenvalue weighted by molar-refractivity contribution is -0.120. The van der Waals surface area contributed by atoms with Gasteiger partial charge in [-0.05, 0) is 0 Å². The Morgan fingerprint density at radius 2 is 2.12 bits per heavy atom. The van der Waals surface area contributed by atoms with Gasteiger partial charge in [-0.15, -0.1) is 0 Å². The number of carbonyl (C=O) groups is 1. The lowest BCUT2D eigenvalue weighted by Crippen LogP contribution is -2.40. The molecule has 0 spiro atoms. The lowest BCUT2D eigenvalue weighted by atomic mass is 10.4. The second kappa shape index (κ2) is 9.28. The highest BCUT2D eigenvalue weighted by molar-refractivity contribution is 7.99. The van der Waals surface area contributed by atoms with Gasteiger partial charge in [-0.3, -0.25) is 4.79 Å². The van der Waals surface area contributed by atoms with Crippen LogP contribution in [0.15, 0.2) is 0 Å². The Hall–Kier alpha value is -0.770. The molecule has 6 heteroatoms. The van der Waals surface area contributed by atoms with Gasteiger partial charge in [0, 0.05) is 44.2 Å². The highest BCUT2D eigenvalue weighted by Gasteiger charge is 2.09. The number of nitriles is 1. The zero-order valence-corrected chi connectivity index (χ0v) is 10.9. The quantitative estimate of drug-likeness (QED) is 0.610. The maximum Gasteiger partial charge on any atom is 0.233 e. The summed E-state index contributed by atoms with van der Waals surface area (Å²) in [7, 11) is 0. The summed E-state index contributed by atoms with van der Waals surface area (Å²) in [6.45, 7) is 4.94. The Morgan fingerprint density at radius 1 is 1.35 bits per heavy atom. The Labute approximate surface area is 107 Å². The number of hydrogen-bond donors (Lipinski definition) is 2. The third-order valence-corrected chi connectivity index (χ3v) is 3.50. The average Bonchev–Trinajstić information content (AvgIpc) is 2.36. The van der Waals surface area contributed by atoms with Crippen molar-refractivity contribution in [1.29, 1.82) is 5.26 Å². The molecule has 0 radical (unpaired) electrons. The summed E-state index contributed by atoms with van der Waals surface area (Å²) >= 11 is 2.00. The standard InChI is InChI=1S/C11H20N4OS/c12-2-1-3-14-11(16)10-13-4-5-15-6-8-17-9-7-15/h13H,1,3-10H2,(H,14,16). The minimum Gasteiger partial charge on any atom is -0.354 e. The van der Waals surface area contributed by atoms with Crippen LogP contribution in [0, 0.1) is 11.3 Å². The SMILES string of the molecule is N#CCCNC(=O)CNCCN1CCSCC1. The minimum atomic E-state index is -0.0329. The van der Waals surface area contributed by atoms with Gasteiger partial charge in [0.05, 0.1) is 19.0 Å². The highest BCUT2D eigenvalue weighted by atomic mass is 32.2. The van der Waals surface area contributed by atoms with Crippen LogP contribution in [0.4, 0.5) is 0 Å². The smallest absolute Gasteiger partial charge is 0.233 e. The third kappa shape index (κ3) is 7.21. The van der Waals surface area contributed by atoms with E-state index in [9.17, 15) is 4.79 Å². The van der Waals surface area contributed by atoms with E-state index in [1.54, 1.807) is 0 Å². The topological polar surface area (TPSA) is 68.2 Å². The van der Waals surface area contributed by atoms with E-state index in [1.165, 1.54) is 11.5 Å². The number of nitrogens with one attached hydrogen (secondary N) is 2. The monoisotopic (exact) mass is 256 g/mol. The minimum absolute atomic E-state index is 0.0329. The molecule has 1 aliphatic heterocycles. The maximum absolute atomic E-state index is 11.3. The summed E-state index contributed by atoms with van der Waals surface area (Å²) in [5.74, 6) is 2.40. The van der Waals surface area contributed by atoms with E-state index in [0.717, 1.165) is 26.2 Å². The summed E-state index contributed by atoms with van der Waals surface area (Å²) in [6, 6.07) is 1.99. The molecule has 1 amide bonds. The van der Waals surface area contributed by atoms with Gasteiger partial charge in [0.15, 0.2) is 0 Å². The van der Waals surface area contributed by atoms with Gasteiger partial charge in [0.25, 0.3) is 0 Å². The van der Waals surface area contributed by atoms with Gasteiger partial charge in [0.1, 0.15) is 0 Å².